The van der Waals surface area contributed by atoms with Crippen molar-refractivity contribution in [2.75, 3.05) is 0 Å². The fourth-order valence-corrected chi connectivity index (χ4v) is 2.42. The van der Waals surface area contributed by atoms with Crippen LogP contribution < -0.4 is 0 Å². The molecule has 3 aromatic rings. The van der Waals surface area contributed by atoms with Gasteiger partial charge < -0.3 is 9.13 Å². The fraction of sp³-hybridized carbons (Fsp3) is 0.267. The van der Waals surface area contributed by atoms with Crippen LogP contribution in [0, 0.1) is 11.3 Å². The van der Waals surface area contributed by atoms with Gasteiger partial charge in [-0.25, -0.2) is 9.97 Å². The van der Waals surface area contributed by atoms with Gasteiger partial charge in [0.25, 0.3) is 0 Å². The fourth-order valence-electron chi connectivity index (χ4n) is 2.42. The zero-order valence-electron chi connectivity index (χ0n) is 11.5. The molecule has 0 saturated heterocycles. The Morgan fingerprint density at radius 1 is 1.35 bits per heavy atom. The summed E-state index contributed by atoms with van der Waals surface area (Å²) in [7, 11) is 1.96. The summed E-state index contributed by atoms with van der Waals surface area (Å²) in [5.41, 5.74) is 3.53. The lowest BCUT2D eigenvalue weighted by molar-refractivity contribution is 0.699. The second-order valence-corrected chi connectivity index (χ2v) is 4.79. The molecule has 100 valence electrons. The van der Waals surface area contributed by atoms with Gasteiger partial charge >= 0.3 is 0 Å². The minimum atomic E-state index is 0.634. The molecule has 0 radical (unpaired) electrons. The number of fused-ring (bicyclic) bond motifs is 1. The molecule has 0 saturated carbocycles. The molecule has 0 aliphatic heterocycles. The van der Waals surface area contributed by atoms with Crippen LogP contribution in [0.1, 0.15) is 18.9 Å². The molecule has 2 aromatic heterocycles. The van der Waals surface area contributed by atoms with E-state index in [0.29, 0.717) is 5.56 Å². The molecule has 0 atom stereocenters. The minimum Gasteiger partial charge on any atom is -0.331 e. The second kappa shape index (κ2) is 4.82. The maximum atomic E-state index is 9.01. The van der Waals surface area contributed by atoms with Crippen molar-refractivity contribution in [1.82, 2.24) is 19.1 Å². The summed E-state index contributed by atoms with van der Waals surface area (Å²) >= 11 is 0. The smallest absolute Gasteiger partial charge is 0.159 e. The van der Waals surface area contributed by atoms with E-state index in [0.717, 1.165) is 35.5 Å². The molecule has 0 bridgehead atoms. The normalized spacial score (nSPS) is 10.8. The number of hydrogen-bond acceptors (Lipinski definition) is 3. The van der Waals surface area contributed by atoms with Crippen LogP contribution in [-0.4, -0.2) is 19.1 Å². The topological polar surface area (TPSA) is 59.4 Å². The highest BCUT2D eigenvalue weighted by Crippen LogP contribution is 2.25. The third kappa shape index (κ3) is 1.86. The molecule has 0 aliphatic carbocycles. The predicted octanol–water partition coefficient (Wildman–Crippen LogP) is 2.72. The second-order valence-electron chi connectivity index (χ2n) is 4.79. The van der Waals surface area contributed by atoms with Crippen LogP contribution in [-0.2, 0) is 13.6 Å². The number of nitriles is 1. The van der Waals surface area contributed by atoms with E-state index in [-0.39, 0.29) is 0 Å². The molecule has 0 aliphatic rings. The van der Waals surface area contributed by atoms with Crippen molar-refractivity contribution in [2.24, 2.45) is 7.05 Å². The summed E-state index contributed by atoms with van der Waals surface area (Å²) in [6, 6.07) is 7.80. The van der Waals surface area contributed by atoms with Crippen molar-refractivity contribution in [3.8, 4) is 17.6 Å². The number of aryl methyl sites for hydroxylation is 2. The van der Waals surface area contributed by atoms with Crippen LogP contribution in [0.15, 0.2) is 30.7 Å². The van der Waals surface area contributed by atoms with E-state index in [1.54, 1.807) is 6.33 Å². The summed E-state index contributed by atoms with van der Waals surface area (Å²) in [6.07, 6.45) is 4.61. The highest BCUT2D eigenvalue weighted by Gasteiger charge is 2.14. The van der Waals surface area contributed by atoms with E-state index in [1.165, 1.54) is 0 Å². The first-order valence-electron chi connectivity index (χ1n) is 6.61. The predicted molar refractivity (Wildman–Crippen MR) is 76.9 cm³/mol. The quantitative estimate of drug-likeness (QED) is 0.731. The molecule has 0 unspecified atom stereocenters. The van der Waals surface area contributed by atoms with E-state index in [4.69, 9.17) is 10.2 Å². The van der Waals surface area contributed by atoms with Gasteiger partial charge in [0.2, 0.25) is 0 Å². The number of rotatable bonds is 3. The van der Waals surface area contributed by atoms with Crippen LogP contribution in [0.5, 0.6) is 0 Å². The lowest BCUT2D eigenvalue weighted by atomic mass is 10.2. The SMILES string of the molecule is CCCn1c(-c2cncn2C)nc2cc(C#N)ccc21. The summed E-state index contributed by atoms with van der Waals surface area (Å²) < 4.78 is 4.14. The van der Waals surface area contributed by atoms with E-state index in [1.807, 2.05) is 36.0 Å². The molecular formula is C15H15N5. The summed E-state index contributed by atoms with van der Waals surface area (Å²) in [5.74, 6) is 0.900. The van der Waals surface area contributed by atoms with Crippen LogP contribution >= 0.6 is 0 Å². The van der Waals surface area contributed by atoms with Crippen LogP contribution in [0.2, 0.25) is 0 Å². The highest BCUT2D eigenvalue weighted by atomic mass is 15.1. The Morgan fingerprint density at radius 3 is 2.85 bits per heavy atom. The number of imidazole rings is 2. The Hall–Kier alpha value is -2.61. The molecule has 5 nitrogen and oxygen atoms in total. The van der Waals surface area contributed by atoms with E-state index in [9.17, 15) is 0 Å². The van der Waals surface area contributed by atoms with Crippen LogP contribution in [0.4, 0.5) is 0 Å². The summed E-state index contributed by atoms with van der Waals surface area (Å²) in [5, 5.41) is 9.01. The van der Waals surface area contributed by atoms with Gasteiger partial charge in [0.05, 0.1) is 35.2 Å². The van der Waals surface area contributed by atoms with Gasteiger partial charge in [-0.3, -0.25) is 0 Å². The van der Waals surface area contributed by atoms with Gasteiger partial charge in [-0.15, -0.1) is 0 Å². The van der Waals surface area contributed by atoms with Gasteiger partial charge in [-0.2, -0.15) is 5.26 Å². The zero-order chi connectivity index (χ0) is 14.1. The molecule has 0 N–H and O–H groups in total. The third-order valence-electron chi connectivity index (χ3n) is 3.37. The van der Waals surface area contributed by atoms with Crippen molar-refractivity contribution in [3.63, 3.8) is 0 Å². The van der Waals surface area contributed by atoms with Gasteiger partial charge in [-0.1, -0.05) is 6.92 Å². The van der Waals surface area contributed by atoms with Crippen molar-refractivity contribution in [2.45, 2.75) is 19.9 Å². The molecule has 0 fully saturated rings. The minimum absolute atomic E-state index is 0.634. The average molecular weight is 265 g/mol. The molecule has 20 heavy (non-hydrogen) atoms. The van der Waals surface area contributed by atoms with Gasteiger partial charge in [0.15, 0.2) is 5.82 Å². The summed E-state index contributed by atoms with van der Waals surface area (Å²) in [6.45, 7) is 3.03. The zero-order valence-corrected chi connectivity index (χ0v) is 11.5. The number of nitrogens with zero attached hydrogens (tertiary/aromatic N) is 5. The molecule has 2 heterocycles. The molecule has 5 heteroatoms. The Balaban J connectivity index is 2.28. The Morgan fingerprint density at radius 2 is 2.20 bits per heavy atom. The monoisotopic (exact) mass is 265 g/mol. The lowest BCUT2D eigenvalue weighted by Crippen LogP contribution is -2.02. The standard InChI is InChI=1S/C15H15N5/c1-3-6-20-13-5-4-11(8-16)7-12(13)18-15(20)14-9-17-10-19(14)2/h4-5,7,9-10H,3,6H2,1-2H3. The van der Waals surface area contributed by atoms with Crippen molar-refractivity contribution in [1.29, 1.82) is 5.26 Å². The molecule has 0 spiro atoms. The highest BCUT2D eigenvalue weighted by molar-refractivity contribution is 5.81. The molecular weight excluding hydrogens is 250 g/mol. The van der Waals surface area contributed by atoms with Crippen molar-refractivity contribution < 1.29 is 0 Å². The van der Waals surface area contributed by atoms with E-state index < -0.39 is 0 Å². The Labute approximate surface area is 117 Å². The lowest BCUT2D eigenvalue weighted by Gasteiger charge is -2.07. The van der Waals surface area contributed by atoms with Crippen molar-refractivity contribution in [3.05, 3.63) is 36.3 Å². The van der Waals surface area contributed by atoms with E-state index in [2.05, 4.69) is 22.5 Å². The Bertz CT molecular complexity index is 803. The third-order valence-corrected chi connectivity index (χ3v) is 3.37. The van der Waals surface area contributed by atoms with Crippen LogP contribution in [0.3, 0.4) is 0 Å². The van der Waals surface area contributed by atoms with Crippen molar-refractivity contribution >= 4 is 11.0 Å². The first kappa shape index (κ1) is 12.4. The number of hydrogen-bond donors (Lipinski definition) is 0. The average Bonchev–Trinajstić information content (AvgIpc) is 3.02. The maximum absolute atomic E-state index is 9.01. The maximum Gasteiger partial charge on any atom is 0.159 e. The Kier molecular flexibility index (Phi) is 2.99. The first-order chi connectivity index (χ1) is 9.74. The largest absolute Gasteiger partial charge is 0.331 e. The van der Waals surface area contributed by atoms with E-state index >= 15 is 0 Å². The van der Waals surface area contributed by atoms with Gasteiger partial charge in [-0.05, 0) is 24.6 Å². The number of aromatic nitrogens is 4. The first-order valence-corrected chi connectivity index (χ1v) is 6.61. The van der Waals surface area contributed by atoms with Gasteiger partial charge in [0, 0.05) is 13.6 Å². The van der Waals surface area contributed by atoms with Crippen LogP contribution in [0.25, 0.3) is 22.6 Å². The molecule has 1 aromatic carbocycles. The summed E-state index contributed by atoms with van der Waals surface area (Å²) in [4.78, 5) is 8.85. The van der Waals surface area contributed by atoms with Gasteiger partial charge in [0.1, 0.15) is 5.69 Å². The molecule has 0 amide bonds. The number of benzene rings is 1. The molecule has 3 rings (SSSR count).